The van der Waals surface area contributed by atoms with Crippen molar-refractivity contribution in [3.8, 4) is 11.5 Å². The van der Waals surface area contributed by atoms with Gasteiger partial charge >= 0.3 is 0 Å². The number of nitrogens with zero attached hydrogens (tertiary/aromatic N) is 1. The fourth-order valence-corrected chi connectivity index (χ4v) is 1.62. The van der Waals surface area contributed by atoms with Crippen molar-refractivity contribution in [2.45, 2.75) is 13.2 Å². The van der Waals surface area contributed by atoms with Crippen LogP contribution >= 0.6 is 0 Å². The number of hydrogen-bond donors (Lipinski definition) is 0. The summed E-state index contributed by atoms with van der Waals surface area (Å²) in [7, 11) is 1.62. The number of methoxy groups -OCH3 is 1. The van der Waals surface area contributed by atoms with E-state index in [1.807, 2.05) is 12.1 Å². The van der Waals surface area contributed by atoms with Crippen molar-refractivity contribution in [2.24, 2.45) is 4.99 Å². The van der Waals surface area contributed by atoms with E-state index in [2.05, 4.69) is 4.99 Å². The van der Waals surface area contributed by atoms with Crippen LogP contribution in [0.15, 0.2) is 17.1 Å². The van der Waals surface area contributed by atoms with Crippen molar-refractivity contribution in [1.29, 1.82) is 0 Å². The van der Waals surface area contributed by atoms with Crippen molar-refractivity contribution in [3.63, 3.8) is 0 Å². The van der Waals surface area contributed by atoms with E-state index in [-0.39, 0.29) is 13.3 Å². The highest BCUT2D eigenvalue weighted by atomic mass is 16.7. The molecule has 1 aliphatic rings. The number of fused-ring (bicyclic) bond motifs is 1. The van der Waals surface area contributed by atoms with Crippen molar-refractivity contribution >= 4 is 6.08 Å². The Morgan fingerprint density at radius 1 is 1.38 bits per heavy atom. The second kappa shape index (κ2) is 4.79. The molecule has 84 valence electrons. The Kier molecular flexibility index (Phi) is 3.19. The molecule has 0 aliphatic carbocycles. The molecule has 0 saturated heterocycles. The molecule has 0 radical (unpaired) electrons. The van der Waals surface area contributed by atoms with Gasteiger partial charge in [-0.15, -0.1) is 0 Å². The predicted molar refractivity (Wildman–Crippen MR) is 55.1 cm³/mol. The molecule has 0 bridgehead atoms. The largest absolute Gasteiger partial charge is 0.453 e. The van der Waals surface area contributed by atoms with Gasteiger partial charge in [0.2, 0.25) is 12.9 Å². The van der Waals surface area contributed by atoms with Gasteiger partial charge in [-0.25, -0.2) is 9.79 Å². The van der Waals surface area contributed by atoms with E-state index in [0.717, 1.165) is 11.1 Å². The lowest BCUT2D eigenvalue weighted by Crippen LogP contribution is -1.95. The normalized spacial score (nSPS) is 12.3. The third-order valence-electron chi connectivity index (χ3n) is 2.30. The minimum atomic E-state index is 0.188. The lowest BCUT2D eigenvalue weighted by molar-refractivity contribution is 0.162. The van der Waals surface area contributed by atoms with Crippen LogP contribution in [0.1, 0.15) is 11.1 Å². The molecule has 0 N–H and O–H groups in total. The van der Waals surface area contributed by atoms with E-state index < -0.39 is 0 Å². The Hall–Kier alpha value is -1.84. The molecule has 1 aromatic carbocycles. The maximum Gasteiger partial charge on any atom is 0.235 e. The van der Waals surface area contributed by atoms with Gasteiger partial charge in [-0.3, -0.25) is 0 Å². The fourth-order valence-electron chi connectivity index (χ4n) is 1.62. The topological polar surface area (TPSA) is 57.1 Å². The van der Waals surface area contributed by atoms with E-state index in [0.29, 0.717) is 18.1 Å². The Morgan fingerprint density at radius 3 is 2.75 bits per heavy atom. The number of carbonyl (C=O) groups excluding carboxylic acids is 1. The van der Waals surface area contributed by atoms with Crippen molar-refractivity contribution < 1.29 is 19.0 Å². The second-order valence-electron chi connectivity index (χ2n) is 3.29. The standard InChI is InChI=1S/C11H11NO4/c1-14-5-9-3-2-8(4-12-6-13)10-11(9)16-7-15-10/h2-3H,4-5,7H2,1H3. The van der Waals surface area contributed by atoms with Gasteiger partial charge in [0.15, 0.2) is 11.5 Å². The van der Waals surface area contributed by atoms with E-state index in [4.69, 9.17) is 14.2 Å². The summed E-state index contributed by atoms with van der Waals surface area (Å²) in [6.07, 6.45) is 1.50. The first kappa shape index (κ1) is 10.7. The molecular weight excluding hydrogens is 210 g/mol. The van der Waals surface area contributed by atoms with E-state index in [1.54, 1.807) is 7.11 Å². The fraction of sp³-hybridized carbons (Fsp3) is 0.364. The van der Waals surface area contributed by atoms with Gasteiger partial charge in [0.05, 0.1) is 13.2 Å². The van der Waals surface area contributed by atoms with Crippen LogP contribution in [0.5, 0.6) is 11.5 Å². The van der Waals surface area contributed by atoms with Gasteiger partial charge in [0, 0.05) is 18.2 Å². The lowest BCUT2D eigenvalue weighted by Gasteiger charge is -2.07. The SMILES string of the molecule is COCc1ccc(CN=C=O)c2c1OCO2. The number of benzene rings is 1. The smallest absolute Gasteiger partial charge is 0.235 e. The Bertz CT molecular complexity index is 438. The number of ether oxygens (including phenoxy) is 3. The quantitative estimate of drug-likeness (QED) is 0.569. The minimum absolute atomic E-state index is 0.188. The monoisotopic (exact) mass is 221 g/mol. The second-order valence-corrected chi connectivity index (χ2v) is 3.29. The molecule has 0 amide bonds. The molecule has 0 fully saturated rings. The summed E-state index contributed by atoms with van der Waals surface area (Å²) in [5.74, 6) is 1.33. The molecule has 0 unspecified atom stereocenters. The summed E-state index contributed by atoms with van der Waals surface area (Å²) >= 11 is 0. The summed E-state index contributed by atoms with van der Waals surface area (Å²) < 4.78 is 15.8. The number of rotatable bonds is 4. The maximum absolute atomic E-state index is 10.1. The van der Waals surface area contributed by atoms with Gasteiger partial charge in [-0.1, -0.05) is 12.1 Å². The van der Waals surface area contributed by atoms with Gasteiger partial charge in [0.25, 0.3) is 0 Å². The van der Waals surface area contributed by atoms with E-state index in [9.17, 15) is 4.79 Å². The minimum Gasteiger partial charge on any atom is -0.453 e. The van der Waals surface area contributed by atoms with Crippen LogP contribution in [0.25, 0.3) is 0 Å². The first-order chi connectivity index (χ1) is 7.86. The highest BCUT2D eigenvalue weighted by Gasteiger charge is 2.21. The van der Waals surface area contributed by atoms with E-state index >= 15 is 0 Å². The zero-order valence-corrected chi connectivity index (χ0v) is 8.86. The highest BCUT2D eigenvalue weighted by Crippen LogP contribution is 2.39. The zero-order valence-electron chi connectivity index (χ0n) is 8.86. The van der Waals surface area contributed by atoms with E-state index in [1.165, 1.54) is 6.08 Å². The number of aliphatic imine (C=N–C) groups is 1. The molecule has 0 saturated carbocycles. The Balaban J connectivity index is 2.36. The van der Waals surface area contributed by atoms with Crippen LogP contribution in [-0.4, -0.2) is 20.0 Å². The van der Waals surface area contributed by atoms with Crippen LogP contribution in [-0.2, 0) is 22.7 Å². The highest BCUT2D eigenvalue weighted by molar-refractivity contribution is 5.53. The Labute approximate surface area is 92.6 Å². The molecule has 0 spiro atoms. The molecule has 0 aromatic heterocycles. The number of hydrogen-bond acceptors (Lipinski definition) is 5. The first-order valence-corrected chi connectivity index (χ1v) is 4.79. The summed E-state index contributed by atoms with van der Waals surface area (Å²) in [5, 5.41) is 0. The summed E-state index contributed by atoms with van der Waals surface area (Å²) in [6.45, 7) is 0.902. The average Bonchev–Trinajstić information content (AvgIpc) is 2.78. The molecule has 1 aromatic rings. The molecule has 16 heavy (non-hydrogen) atoms. The lowest BCUT2D eigenvalue weighted by atomic mass is 10.1. The first-order valence-electron chi connectivity index (χ1n) is 4.79. The van der Waals surface area contributed by atoms with Crippen LogP contribution in [0.3, 0.4) is 0 Å². The van der Waals surface area contributed by atoms with Gasteiger partial charge < -0.3 is 14.2 Å². The summed E-state index contributed by atoms with van der Waals surface area (Å²) in [6, 6.07) is 3.73. The molecule has 5 nitrogen and oxygen atoms in total. The van der Waals surface area contributed by atoms with Crippen molar-refractivity contribution in [1.82, 2.24) is 0 Å². The average molecular weight is 221 g/mol. The molecular formula is C11H11NO4. The summed E-state index contributed by atoms with van der Waals surface area (Å²) in [4.78, 5) is 13.6. The van der Waals surface area contributed by atoms with Crippen molar-refractivity contribution in [3.05, 3.63) is 23.3 Å². The van der Waals surface area contributed by atoms with Gasteiger partial charge in [0.1, 0.15) is 0 Å². The number of isocyanates is 1. The zero-order chi connectivity index (χ0) is 11.4. The third kappa shape index (κ3) is 1.91. The maximum atomic E-state index is 10.1. The van der Waals surface area contributed by atoms with Gasteiger partial charge in [-0.05, 0) is 0 Å². The molecule has 1 heterocycles. The van der Waals surface area contributed by atoms with Crippen molar-refractivity contribution in [2.75, 3.05) is 13.9 Å². The predicted octanol–water partition coefficient (Wildman–Crippen LogP) is 1.40. The third-order valence-corrected chi connectivity index (χ3v) is 2.30. The molecule has 0 atom stereocenters. The molecule has 2 rings (SSSR count). The van der Waals surface area contributed by atoms with Crippen LogP contribution in [0, 0.1) is 0 Å². The Morgan fingerprint density at radius 2 is 2.06 bits per heavy atom. The summed E-state index contributed by atoms with van der Waals surface area (Å²) in [5.41, 5.74) is 1.74. The van der Waals surface area contributed by atoms with Crippen LogP contribution < -0.4 is 9.47 Å². The molecule has 5 heteroatoms. The van der Waals surface area contributed by atoms with Crippen LogP contribution in [0.4, 0.5) is 0 Å². The van der Waals surface area contributed by atoms with Crippen LogP contribution in [0.2, 0.25) is 0 Å². The van der Waals surface area contributed by atoms with Gasteiger partial charge in [-0.2, -0.15) is 0 Å². The molecule has 1 aliphatic heterocycles.